The van der Waals surface area contributed by atoms with Crippen molar-refractivity contribution >= 4 is 17.7 Å². The second-order valence-corrected chi connectivity index (χ2v) is 5.13. The van der Waals surface area contributed by atoms with Gasteiger partial charge in [0, 0.05) is 11.3 Å². The summed E-state index contributed by atoms with van der Waals surface area (Å²) in [5, 5.41) is 0.0650. The van der Waals surface area contributed by atoms with Gasteiger partial charge < -0.3 is 9.72 Å². The molecule has 1 atom stereocenters. The van der Waals surface area contributed by atoms with Crippen LogP contribution in [0.1, 0.15) is 32.0 Å². The Labute approximate surface area is 110 Å². The molecule has 0 aliphatic carbocycles. The fourth-order valence-corrected chi connectivity index (χ4v) is 2.37. The van der Waals surface area contributed by atoms with Gasteiger partial charge in [-0.15, -0.1) is 0 Å². The molecule has 1 rings (SSSR count). The van der Waals surface area contributed by atoms with E-state index in [1.54, 1.807) is 20.8 Å². The van der Waals surface area contributed by atoms with E-state index in [0.29, 0.717) is 29.4 Å². The molecule has 0 radical (unpaired) electrons. The molecular weight excluding hydrogens is 252 g/mol. The van der Waals surface area contributed by atoms with E-state index in [9.17, 15) is 9.59 Å². The van der Waals surface area contributed by atoms with Gasteiger partial charge in [0.15, 0.2) is 5.16 Å². The fourth-order valence-electron chi connectivity index (χ4n) is 1.53. The maximum Gasteiger partial charge on any atom is 0.319 e. The maximum atomic E-state index is 11.7. The van der Waals surface area contributed by atoms with Crippen LogP contribution in [-0.4, -0.2) is 27.8 Å². The predicted octanol–water partition coefficient (Wildman–Crippen LogP) is 1.68. The highest BCUT2D eigenvalue weighted by Gasteiger charge is 2.17. The zero-order valence-corrected chi connectivity index (χ0v) is 11.9. The third-order valence-electron chi connectivity index (χ3n) is 2.46. The van der Waals surface area contributed by atoms with Crippen molar-refractivity contribution in [3.63, 3.8) is 0 Å². The molecule has 5 nitrogen and oxygen atoms in total. The van der Waals surface area contributed by atoms with Crippen molar-refractivity contribution in [2.24, 2.45) is 0 Å². The van der Waals surface area contributed by atoms with Crippen LogP contribution in [0.4, 0.5) is 0 Å². The van der Waals surface area contributed by atoms with Crippen molar-refractivity contribution in [2.45, 2.75) is 44.5 Å². The van der Waals surface area contributed by atoms with E-state index < -0.39 is 0 Å². The molecule has 1 N–H and O–H groups in total. The SMILES string of the molecule is CCOC(=O)[C@H](C)Sc1nc(C)c(CC)c(=O)[nH]1. The van der Waals surface area contributed by atoms with Gasteiger partial charge in [-0.25, -0.2) is 4.98 Å². The monoisotopic (exact) mass is 270 g/mol. The summed E-state index contributed by atoms with van der Waals surface area (Å²) in [6, 6.07) is 0. The van der Waals surface area contributed by atoms with Gasteiger partial charge in [0.2, 0.25) is 0 Å². The summed E-state index contributed by atoms with van der Waals surface area (Å²) < 4.78 is 4.90. The number of carbonyl (C=O) groups excluding carboxylic acids is 1. The molecule has 0 spiro atoms. The quantitative estimate of drug-likeness (QED) is 0.501. The molecule has 18 heavy (non-hydrogen) atoms. The van der Waals surface area contributed by atoms with Crippen molar-refractivity contribution in [1.29, 1.82) is 0 Å². The first kappa shape index (κ1) is 14.8. The molecular formula is C12H18N2O3S. The second-order valence-electron chi connectivity index (χ2n) is 3.80. The van der Waals surface area contributed by atoms with Crippen molar-refractivity contribution in [1.82, 2.24) is 9.97 Å². The molecule has 0 aromatic carbocycles. The predicted molar refractivity (Wildman–Crippen MR) is 70.9 cm³/mol. The molecule has 100 valence electrons. The number of aromatic amines is 1. The van der Waals surface area contributed by atoms with Crippen LogP contribution in [0.3, 0.4) is 0 Å². The van der Waals surface area contributed by atoms with Crippen LogP contribution in [-0.2, 0) is 16.0 Å². The van der Waals surface area contributed by atoms with E-state index in [-0.39, 0.29) is 16.8 Å². The Morgan fingerprint density at radius 2 is 2.17 bits per heavy atom. The number of hydrogen-bond acceptors (Lipinski definition) is 5. The van der Waals surface area contributed by atoms with Crippen LogP contribution < -0.4 is 5.56 Å². The second kappa shape index (κ2) is 6.58. The Kier molecular flexibility index (Phi) is 5.40. The lowest BCUT2D eigenvalue weighted by Crippen LogP contribution is -2.20. The average Bonchev–Trinajstić information content (AvgIpc) is 2.28. The number of aryl methyl sites for hydroxylation is 1. The van der Waals surface area contributed by atoms with E-state index in [1.807, 2.05) is 6.92 Å². The first-order valence-corrected chi connectivity index (χ1v) is 6.80. The summed E-state index contributed by atoms with van der Waals surface area (Å²) in [6.07, 6.45) is 0.645. The lowest BCUT2D eigenvalue weighted by atomic mass is 10.2. The van der Waals surface area contributed by atoms with E-state index >= 15 is 0 Å². The number of carbonyl (C=O) groups is 1. The van der Waals surface area contributed by atoms with Crippen LogP contribution in [0.15, 0.2) is 9.95 Å². The molecule has 0 fully saturated rings. The van der Waals surface area contributed by atoms with E-state index in [0.717, 1.165) is 0 Å². The van der Waals surface area contributed by atoms with Crippen LogP contribution in [0.25, 0.3) is 0 Å². The summed E-state index contributed by atoms with van der Waals surface area (Å²) in [7, 11) is 0. The molecule has 0 bridgehead atoms. The number of thioether (sulfide) groups is 1. The largest absolute Gasteiger partial charge is 0.465 e. The maximum absolute atomic E-state index is 11.7. The number of aromatic nitrogens is 2. The summed E-state index contributed by atoms with van der Waals surface area (Å²) in [4.78, 5) is 30.2. The molecule has 1 aromatic heterocycles. The molecule has 1 aromatic rings. The normalized spacial score (nSPS) is 12.2. The van der Waals surface area contributed by atoms with Crippen molar-refractivity contribution in [3.05, 3.63) is 21.6 Å². The van der Waals surface area contributed by atoms with Gasteiger partial charge in [-0.3, -0.25) is 9.59 Å². The third kappa shape index (κ3) is 3.60. The lowest BCUT2D eigenvalue weighted by Gasteiger charge is -2.10. The highest BCUT2D eigenvalue weighted by Crippen LogP contribution is 2.20. The molecule has 0 saturated carbocycles. The lowest BCUT2D eigenvalue weighted by molar-refractivity contribution is -0.142. The smallest absolute Gasteiger partial charge is 0.319 e. The van der Waals surface area contributed by atoms with E-state index in [4.69, 9.17) is 4.74 Å². The Morgan fingerprint density at radius 1 is 1.50 bits per heavy atom. The minimum absolute atomic E-state index is 0.136. The summed E-state index contributed by atoms with van der Waals surface area (Å²) in [5.41, 5.74) is 1.26. The first-order valence-electron chi connectivity index (χ1n) is 5.92. The van der Waals surface area contributed by atoms with E-state index in [1.165, 1.54) is 11.8 Å². The van der Waals surface area contributed by atoms with Gasteiger partial charge in [0.25, 0.3) is 5.56 Å². The molecule has 0 saturated heterocycles. The van der Waals surface area contributed by atoms with Crippen LogP contribution >= 0.6 is 11.8 Å². The van der Waals surface area contributed by atoms with E-state index in [2.05, 4.69) is 9.97 Å². The van der Waals surface area contributed by atoms with Gasteiger partial charge in [-0.05, 0) is 27.2 Å². The highest BCUT2D eigenvalue weighted by molar-refractivity contribution is 8.00. The third-order valence-corrected chi connectivity index (χ3v) is 3.42. The number of H-pyrrole nitrogens is 1. The molecule has 0 amide bonds. The Morgan fingerprint density at radius 3 is 2.67 bits per heavy atom. The Hall–Kier alpha value is -1.30. The molecule has 1 heterocycles. The standard InChI is InChI=1S/C12H18N2O3S/c1-5-9-7(3)13-12(14-10(9)15)18-8(4)11(16)17-6-2/h8H,5-6H2,1-4H3,(H,13,14,15)/t8-/m0/s1. The van der Waals surface area contributed by atoms with Crippen molar-refractivity contribution in [3.8, 4) is 0 Å². The zero-order chi connectivity index (χ0) is 13.7. The van der Waals surface area contributed by atoms with Crippen molar-refractivity contribution < 1.29 is 9.53 Å². The fraction of sp³-hybridized carbons (Fsp3) is 0.583. The van der Waals surface area contributed by atoms with Crippen LogP contribution in [0.5, 0.6) is 0 Å². The number of ether oxygens (including phenoxy) is 1. The Balaban J connectivity index is 2.86. The molecule has 6 heteroatoms. The molecule has 0 aliphatic rings. The summed E-state index contributed by atoms with van der Waals surface area (Å²) >= 11 is 1.20. The zero-order valence-electron chi connectivity index (χ0n) is 11.1. The van der Waals surface area contributed by atoms with Crippen molar-refractivity contribution in [2.75, 3.05) is 6.61 Å². The first-order chi connectivity index (χ1) is 8.49. The van der Waals surface area contributed by atoms with Gasteiger partial charge in [0.1, 0.15) is 5.25 Å². The Bertz CT molecular complexity index is 485. The number of esters is 1. The summed E-state index contributed by atoms with van der Waals surface area (Å²) in [6.45, 7) is 7.54. The van der Waals surface area contributed by atoms with Gasteiger partial charge in [-0.2, -0.15) is 0 Å². The van der Waals surface area contributed by atoms with Crippen LogP contribution in [0, 0.1) is 6.92 Å². The van der Waals surface area contributed by atoms with Gasteiger partial charge in [-0.1, -0.05) is 18.7 Å². The molecule has 0 aliphatic heterocycles. The topological polar surface area (TPSA) is 72.0 Å². The highest BCUT2D eigenvalue weighted by atomic mass is 32.2. The molecule has 0 unspecified atom stereocenters. The number of hydrogen-bond donors (Lipinski definition) is 1. The number of nitrogens with zero attached hydrogens (tertiary/aromatic N) is 1. The van der Waals surface area contributed by atoms with Gasteiger partial charge in [0.05, 0.1) is 6.61 Å². The average molecular weight is 270 g/mol. The minimum Gasteiger partial charge on any atom is -0.465 e. The number of nitrogens with one attached hydrogen (secondary N) is 1. The summed E-state index contributed by atoms with van der Waals surface area (Å²) in [5.74, 6) is -0.303. The number of rotatable bonds is 5. The van der Waals surface area contributed by atoms with Crippen LogP contribution in [0.2, 0.25) is 0 Å². The van der Waals surface area contributed by atoms with Gasteiger partial charge >= 0.3 is 5.97 Å². The minimum atomic E-state index is -0.389.